The summed E-state index contributed by atoms with van der Waals surface area (Å²) in [6.07, 6.45) is 0.811. The van der Waals surface area contributed by atoms with Crippen LogP contribution in [-0.4, -0.2) is 16.0 Å². The van der Waals surface area contributed by atoms with E-state index in [1.165, 1.54) is 24.4 Å². The first-order chi connectivity index (χ1) is 14.8. The number of pyridine rings is 1. The van der Waals surface area contributed by atoms with Crippen molar-refractivity contribution in [2.75, 3.05) is 0 Å². The molecule has 4 rings (SSSR count). The van der Waals surface area contributed by atoms with Gasteiger partial charge in [-0.1, -0.05) is 24.3 Å². The summed E-state index contributed by atoms with van der Waals surface area (Å²) in [4.78, 5) is 9.10. The molecule has 0 radical (unpaired) electrons. The van der Waals surface area contributed by atoms with E-state index in [-0.39, 0.29) is 6.04 Å². The van der Waals surface area contributed by atoms with Crippen molar-refractivity contribution in [1.82, 2.24) is 9.97 Å². The molecule has 2 heterocycles. The molecular weight excluding hydrogens is 426 g/mol. The zero-order valence-corrected chi connectivity index (χ0v) is 17.2. The fraction of sp³-hybridized carbons (Fsp3) is 0.217. The molecule has 0 aliphatic carbocycles. The van der Waals surface area contributed by atoms with Crippen LogP contribution >= 0.6 is 11.3 Å². The number of fused-ring (bicyclic) bond motifs is 1. The number of nitrogens with two attached hydrogens (primary N) is 1. The summed E-state index contributed by atoms with van der Waals surface area (Å²) >= 11 is 1.55. The Morgan fingerprint density at radius 2 is 1.71 bits per heavy atom. The number of hydrogen-bond acceptors (Lipinski definition) is 4. The number of rotatable bonds is 6. The first-order valence-corrected chi connectivity index (χ1v) is 10.5. The molecule has 1 unspecified atom stereocenters. The van der Waals surface area contributed by atoms with Gasteiger partial charge in [-0.3, -0.25) is 0 Å². The van der Waals surface area contributed by atoms with Gasteiger partial charge in [-0.15, -0.1) is 11.3 Å². The zero-order chi connectivity index (χ0) is 22.0. The second-order valence-electron chi connectivity index (χ2n) is 7.38. The van der Waals surface area contributed by atoms with Crippen LogP contribution in [0.5, 0.6) is 0 Å². The molecule has 0 bridgehead atoms. The third kappa shape index (κ3) is 5.26. The average Bonchev–Trinajstić information content (AvgIpc) is 3.20. The van der Waals surface area contributed by atoms with Crippen molar-refractivity contribution < 1.29 is 17.6 Å². The Kier molecular flexibility index (Phi) is 6.02. The van der Waals surface area contributed by atoms with Gasteiger partial charge in [0.05, 0.1) is 15.4 Å². The highest BCUT2D eigenvalue weighted by Crippen LogP contribution is 2.30. The van der Waals surface area contributed by atoms with E-state index in [1.54, 1.807) is 17.5 Å². The molecular formula is C23H19F4N3S. The number of halogens is 4. The maximum absolute atomic E-state index is 13.4. The number of nitrogens with zero attached hydrogens (tertiary/aromatic N) is 2. The van der Waals surface area contributed by atoms with Crippen molar-refractivity contribution in [1.29, 1.82) is 0 Å². The molecule has 0 aliphatic heterocycles. The minimum atomic E-state index is -4.33. The predicted molar refractivity (Wildman–Crippen MR) is 114 cm³/mol. The molecule has 3 nitrogen and oxygen atoms in total. The highest BCUT2D eigenvalue weighted by Gasteiger charge is 2.29. The highest BCUT2D eigenvalue weighted by atomic mass is 32.1. The first kappa shape index (κ1) is 21.4. The molecule has 2 aromatic carbocycles. The summed E-state index contributed by atoms with van der Waals surface area (Å²) < 4.78 is 51.4. The van der Waals surface area contributed by atoms with Crippen LogP contribution in [0, 0.1) is 5.95 Å². The lowest BCUT2D eigenvalue weighted by Gasteiger charge is -2.12. The van der Waals surface area contributed by atoms with Crippen LogP contribution < -0.4 is 5.73 Å². The Bertz CT molecular complexity index is 1190. The maximum atomic E-state index is 13.4. The Labute approximate surface area is 180 Å². The van der Waals surface area contributed by atoms with E-state index in [1.807, 2.05) is 18.2 Å². The van der Waals surface area contributed by atoms with E-state index >= 15 is 0 Å². The minimum absolute atomic E-state index is 0.180. The molecule has 0 spiro atoms. The van der Waals surface area contributed by atoms with Gasteiger partial charge in [0, 0.05) is 36.3 Å². The standard InChI is InChI=1S/C23H19F4N3S/c24-21-11-17-10-15(3-4-16(17)12-29-21)20-13-30-22(31-20)8-7-19(28)9-14-1-5-18(6-2-14)23(25,26)27/h1-6,10-13,19H,7-9,28H2. The fourth-order valence-electron chi connectivity index (χ4n) is 3.37. The van der Waals surface area contributed by atoms with Crippen molar-refractivity contribution in [3.8, 4) is 10.4 Å². The smallest absolute Gasteiger partial charge is 0.327 e. The zero-order valence-electron chi connectivity index (χ0n) is 16.4. The number of aryl methyl sites for hydroxylation is 1. The summed E-state index contributed by atoms with van der Waals surface area (Å²) in [5, 5.41) is 2.57. The quantitative estimate of drug-likeness (QED) is 0.292. The van der Waals surface area contributed by atoms with E-state index in [0.717, 1.165) is 43.9 Å². The van der Waals surface area contributed by atoms with Gasteiger partial charge in [0.25, 0.3) is 0 Å². The van der Waals surface area contributed by atoms with Crippen LogP contribution in [0.3, 0.4) is 0 Å². The molecule has 160 valence electrons. The van der Waals surface area contributed by atoms with Gasteiger partial charge in [0.1, 0.15) is 0 Å². The summed E-state index contributed by atoms with van der Waals surface area (Å²) in [5.74, 6) is -0.517. The van der Waals surface area contributed by atoms with E-state index in [9.17, 15) is 17.6 Å². The van der Waals surface area contributed by atoms with Gasteiger partial charge < -0.3 is 5.73 Å². The maximum Gasteiger partial charge on any atom is 0.416 e. The van der Waals surface area contributed by atoms with Crippen LogP contribution in [0.25, 0.3) is 21.2 Å². The number of thiazole rings is 1. The monoisotopic (exact) mass is 445 g/mol. The summed E-state index contributed by atoms with van der Waals surface area (Å²) in [6.45, 7) is 0. The molecule has 31 heavy (non-hydrogen) atoms. The topological polar surface area (TPSA) is 51.8 Å². The predicted octanol–water partition coefficient (Wildman–Crippen LogP) is 6.02. The van der Waals surface area contributed by atoms with Gasteiger partial charge in [-0.2, -0.15) is 17.6 Å². The summed E-state index contributed by atoms with van der Waals surface area (Å²) in [6, 6.07) is 12.1. The van der Waals surface area contributed by atoms with E-state index < -0.39 is 17.7 Å². The SMILES string of the molecule is NC(CCc1ncc(-c2ccc3cnc(F)cc3c2)s1)Cc1ccc(C(F)(F)F)cc1. The second kappa shape index (κ2) is 8.72. The largest absolute Gasteiger partial charge is 0.416 e. The lowest BCUT2D eigenvalue weighted by molar-refractivity contribution is -0.137. The van der Waals surface area contributed by atoms with Crippen LogP contribution in [0.1, 0.15) is 22.6 Å². The summed E-state index contributed by atoms with van der Waals surface area (Å²) in [7, 11) is 0. The Morgan fingerprint density at radius 1 is 0.935 bits per heavy atom. The second-order valence-corrected chi connectivity index (χ2v) is 8.50. The summed E-state index contributed by atoms with van der Waals surface area (Å²) in [5.41, 5.74) is 7.26. The van der Waals surface area contributed by atoms with Crippen molar-refractivity contribution in [3.05, 3.63) is 83.0 Å². The number of alkyl halides is 3. The van der Waals surface area contributed by atoms with Gasteiger partial charge in [-0.05, 0) is 47.6 Å². The average molecular weight is 445 g/mol. The third-order valence-electron chi connectivity index (χ3n) is 5.03. The van der Waals surface area contributed by atoms with Gasteiger partial charge in [0.2, 0.25) is 5.95 Å². The lowest BCUT2D eigenvalue weighted by atomic mass is 10.0. The highest BCUT2D eigenvalue weighted by molar-refractivity contribution is 7.15. The molecule has 2 aromatic heterocycles. The van der Waals surface area contributed by atoms with Gasteiger partial charge >= 0.3 is 6.18 Å². The molecule has 4 aromatic rings. The lowest BCUT2D eigenvalue weighted by Crippen LogP contribution is -2.23. The molecule has 0 saturated carbocycles. The van der Waals surface area contributed by atoms with Crippen molar-refractivity contribution in [2.45, 2.75) is 31.5 Å². The van der Waals surface area contributed by atoms with Crippen molar-refractivity contribution >= 4 is 22.1 Å². The Hall–Kier alpha value is -2.84. The van der Waals surface area contributed by atoms with Crippen LogP contribution in [-0.2, 0) is 19.0 Å². The fourth-order valence-corrected chi connectivity index (χ4v) is 4.30. The molecule has 0 aliphatic rings. The number of aromatic nitrogens is 2. The Morgan fingerprint density at radius 3 is 2.45 bits per heavy atom. The Balaban J connectivity index is 1.37. The molecule has 8 heteroatoms. The van der Waals surface area contributed by atoms with Crippen molar-refractivity contribution in [2.24, 2.45) is 5.73 Å². The number of hydrogen-bond donors (Lipinski definition) is 1. The van der Waals surface area contributed by atoms with Crippen molar-refractivity contribution in [3.63, 3.8) is 0 Å². The number of benzene rings is 2. The van der Waals surface area contributed by atoms with Gasteiger partial charge in [0.15, 0.2) is 0 Å². The normalized spacial score (nSPS) is 12.9. The van der Waals surface area contributed by atoms with E-state index in [4.69, 9.17) is 5.73 Å². The van der Waals surface area contributed by atoms with Crippen LogP contribution in [0.2, 0.25) is 0 Å². The first-order valence-electron chi connectivity index (χ1n) is 9.70. The van der Waals surface area contributed by atoms with Crippen LogP contribution in [0.15, 0.2) is 60.9 Å². The van der Waals surface area contributed by atoms with E-state index in [0.29, 0.717) is 19.3 Å². The van der Waals surface area contributed by atoms with Gasteiger partial charge in [-0.25, -0.2) is 9.97 Å². The molecule has 0 fully saturated rings. The van der Waals surface area contributed by atoms with Crippen LogP contribution in [0.4, 0.5) is 17.6 Å². The minimum Gasteiger partial charge on any atom is -0.327 e. The molecule has 0 saturated heterocycles. The molecule has 2 N–H and O–H groups in total. The van der Waals surface area contributed by atoms with E-state index in [2.05, 4.69) is 9.97 Å². The third-order valence-corrected chi connectivity index (χ3v) is 6.14. The molecule has 0 amide bonds. The molecule has 1 atom stereocenters.